The number of nitrogens with one attached hydrogen (secondary N) is 2. The summed E-state index contributed by atoms with van der Waals surface area (Å²) in [6, 6.07) is 8.19. The third-order valence-corrected chi connectivity index (χ3v) is 4.53. The summed E-state index contributed by atoms with van der Waals surface area (Å²) in [6.07, 6.45) is 0. The third-order valence-electron chi connectivity index (χ3n) is 4.53. The number of rotatable bonds is 7. The Morgan fingerprint density at radius 2 is 1.93 bits per heavy atom. The minimum Gasteiger partial charge on any atom is -0.497 e. The molecule has 2 N–H and O–H groups in total. The first kappa shape index (κ1) is 24.3. The average Bonchev–Trinajstić information content (AvgIpc) is 2.70. The number of anilines is 1. The Labute approximate surface area is 185 Å². The molecule has 1 aromatic carbocycles. The number of guanidine groups is 1. The molecule has 158 valence electrons. The fourth-order valence-corrected chi connectivity index (χ4v) is 2.95. The minimum atomic E-state index is 0. The van der Waals surface area contributed by atoms with Crippen molar-refractivity contribution in [2.24, 2.45) is 10.9 Å². The summed E-state index contributed by atoms with van der Waals surface area (Å²) in [7, 11) is 1.69. The molecule has 0 aromatic heterocycles. The highest BCUT2D eigenvalue weighted by Gasteiger charge is 2.20. The van der Waals surface area contributed by atoms with Gasteiger partial charge in [0.25, 0.3) is 0 Å². The molecular formula is C20H34IN5O2. The maximum atomic E-state index is 11.6. The number of hydrogen-bond acceptors (Lipinski definition) is 4. The van der Waals surface area contributed by atoms with Crippen molar-refractivity contribution in [2.45, 2.75) is 20.8 Å². The molecule has 1 aromatic rings. The van der Waals surface area contributed by atoms with Crippen LogP contribution in [0.25, 0.3) is 0 Å². The Morgan fingerprint density at radius 3 is 2.54 bits per heavy atom. The summed E-state index contributed by atoms with van der Waals surface area (Å²) < 4.78 is 5.33. The molecule has 8 heteroatoms. The van der Waals surface area contributed by atoms with E-state index in [-0.39, 0.29) is 35.8 Å². The molecule has 1 aliphatic heterocycles. The fourth-order valence-electron chi connectivity index (χ4n) is 2.95. The zero-order valence-corrected chi connectivity index (χ0v) is 19.7. The molecule has 1 heterocycles. The van der Waals surface area contributed by atoms with Crippen LogP contribution in [0.1, 0.15) is 20.8 Å². The topological polar surface area (TPSA) is 69.2 Å². The van der Waals surface area contributed by atoms with Crippen molar-refractivity contribution in [3.05, 3.63) is 24.3 Å². The van der Waals surface area contributed by atoms with Crippen LogP contribution < -0.4 is 20.3 Å². The van der Waals surface area contributed by atoms with Gasteiger partial charge in [-0.15, -0.1) is 24.0 Å². The lowest BCUT2D eigenvalue weighted by molar-refractivity contribution is -0.123. The summed E-state index contributed by atoms with van der Waals surface area (Å²) in [4.78, 5) is 21.0. The number of ether oxygens (including phenoxy) is 1. The molecule has 0 saturated carbocycles. The number of nitrogens with zero attached hydrogens (tertiary/aromatic N) is 3. The zero-order valence-electron chi connectivity index (χ0n) is 17.4. The van der Waals surface area contributed by atoms with Gasteiger partial charge in [-0.1, -0.05) is 19.9 Å². The number of aliphatic imine (C=N–C) groups is 1. The maximum Gasteiger partial charge on any atom is 0.222 e. The van der Waals surface area contributed by atoms with Crippen LogP contribution in [0.2, 0.25) is 0 Å². The number of halogens is 1. The van der Waals surface area contributed by atoms with Gasteiger partial charge in [-0.2, -0.15) is 0 Å². The van der Waals surface area contributed by atoms with Crippen molar-refractivity contribution in [3.63, 3.8) is 0 Å². The molecule has 0 radical (unpaired) electrons. The average molecular weight is 503 g/mol. The Morgan fingerprint density at radius 1 is 1.21 bits per heavy atom. The summed E-state index contributed by atoms with van der Waals surface area (Å²) in [6.45, 7) is 11.5. The maximum absolute atomic E-state index is 11.6. The SMILES string of the molecule is CCNC(=NCCNC(=O)C(C)C)N1CCN(c2cccc(OC)c2)CC1.I. The van der Waals surface area contributed by atoms with Crippen LogP contribution in [0, 0.1) is 5.92 Å². The zero-order chi connectivity index (χ0) is 19.6. The molecule has 0 atom stereocenters. The lowest BCUT2D eigenvalue weighted by atomic mass is 10.2. The predicted molar refractivity (Wildman–Crippen MR) is 126 cm³/mol. The second-order valence-electron chi connectivity index (χ2n) is 6.86. The molecular weight excluding hydrogens is 469 g/mol. The van der Waals surface area contributed by atoms with E-state index in [1.165, 1.54) is 5.69 Å². The lowest BCUT2D eigenvalue weighted by Gasteiger charge is -2.37. The lowest BCUT2D eigenvalue weighted by Crippen LogP contribution is -2.52. The van der Waals surface area contributed by atoms with E-state index in [9.17, 15) is 4.79 Å². The minimum absolute atomic E-state index is 0. The van der Waals surface area contributed by atoms with Crippen molar-refractivity contribution in [3.8, 4) is 5.75 Å². The summed E-state index contributed by atoms with van der Waals surface area (Å²) in [5.74, 6) is 1.88. The molecule has 28 heavy (non-hydrogen) atoms. The van der Waals surface area contributed by atoms with Crippen LogP contribution in [-0.2, 0) is 4.79 Å². The van der Waals surface area contributed by atoms with E-state index in [1.807, 2.05) is 26.0 Å². The number of benzene rings is 1. The largest absolute Gasteiger partial charge is 0.497 e. The van der Waals surface area contributed by atoms with E-state index in [2.05, 4.69) is 44.5 Å². The van der Waals surface area contributed by atoms with Gasteiger partial charge in [0.05, 0.1) is 13.7 Å². The van der Waals surface area contributed by atoms with E-state index < -0.39 is 0 Å². The second kappa shape index (κ2) is 12.7. The number of amides is 1. The number of carbonyl (C=O) groups excluding carboxylic acids is 1. The summed E-state index contributed by atoms with van der Waals surface area (Å²) in [5, 5.41) is 6.27. The van der Waals surface area contributed by atoms with Gasteiger partial charge < -0.3 is 25.2 Å². The Kier molecular flexibility index (Phi) is 11.0. The standard InChI is InChI=1S/C20H33N5O2.HI/c1-5-21-20(23-10-9-22-19(26)16(2)3)25-13-11-24(12-14-25)17-7-6-8-18(15-17)27-4;/h6-8,15-16H,5,9-14H2,1-4H3,(H,21,23)(H,22,26);1H. The molecule has 0 unspecified atom stereocenters. The van der Waals surface area contributed by atoms with Crippen LogP contribution in [0.3, 0.4) is 0 Å². The van der Waals surface area contributed by atoms with E-state index in [0.29, 0.717) is 13.1 Å². The summed E-state index contributed by atoms with van der Waals surface area (Å²) >= 11 is 0. The van der Waals surface area contributed by atoms with Crippen LogP contribution in [0.5, 0.6) is 5.75 Å². The van der Waals surface area contributed by atoms with Gasteiger partial charge in [0.2, 0.25) is 5.91 Å². The van der Waals surface area contributed by atoms with E-state index >= 15 is 0 Å². The Bertz CT molecular complexity index is 631. The van der Waals surface area contributed by atoms with Gasteiger partial charge in [0.15, 0.2) is 5.96 Å². The van der Waals surface area contributed by atoms with Crippen molar-refractivity contribution in [2.75, 3.05) is 57.8 Å². The van der Waals surface area contributed by atoms with Gasteiger partial charge in [0.1, 0.15) is 5.75 Å². The number of hydrogen-bond donors (Lipinski definition) is 2. The first-order valence-electron chi connectivity index (χ1n) is 9.75. The third kappa shape index (κ3) is 7.37. The number of piperazine rings is 1. The van der Waals surface area contributed by atoms with Crippen LogP contribution in [-0.4, -0.2) is 69.7 Å². The van der Waals surface area contributed by atoms with Crippen LogP contribution >= 0.6 is 24.0 Å². The van der Waals surface area contributed by atoms with Crippen LogP contribution in [0.15, 0.2) is 29.3 Å². The Hall–Kier alpha value is -1.71. The molecule has 0 aliphatic carbocycles. The smallest absolute Gasteiger partial charge is 0.222 e. The normalized spacial score (nSPS) is 14.5. The van der Waals surface area contributed by atoms with Gasteiger partial charge in [-0.3, -0.25) is 9.79 Å². The Balaban J connectivity index is 0.00000392. The predicted octanol–water partition coefficient (Wildman–Crippen LogP) is 2.17. The quantitative estimate of drug-likeness (QED) is 0.259. The second-order valence-corrected chi connectivity index (χ2v) is 6.86. The number of methoxy groups -OCH3 is 1. The molecule has 1 amide bonds. The highest BCUT2D eigenvalue weighted by Crippen LogP contribution is 2.22. The van der Waals surface area contributed by atoms with Gasteiger partial charge in [0, 0.05) is 56.9 Å². The highest BCUT2D eigenvalue weighted by molar-refractivity contribution is 14.0. The molecule has 1 aliphatic rings. The highest BCUT2D eigenvalue weighted by atomic mass is 127. The first-order chi connectivity index (χ1) is 13.0. The molecule has 2 rings (SSSR count). The van der Waals surface area contributed by atoms with Crippen molar-refractivity contribution < 1.29 is 9.53 Å². The monoisotopic (exact) mass is 503 g/mol. The fraction of sp³-hybridized carbons (Fsp3) is 0.600. The van der Waals surface area contributed by atoms with E-state index in [4.69, 9.17) is 4.74 Å². The number of carbonyl (C=O) groups is 1. The van der Waals surface area contributed by atoms with E-state index in [0.717, 1.165) is 44.4 Å². The van der Waals surface area contributed by atoms with Gasteiger partial charge in [-0.05, 0) is 19.1 Å². The van der Waals surface area contributed by atoms with Crippen molar-refractivity contribution in [1.82, 2.24) is 15.5 Å². The van der Waals surface area contributed by atoms with E-state index in [1.54, 1.807) is 7.11 Å². The van der Waals surface area contributed by atoms with Gasteiger partial charge >= 0.3 is 0 Å². The molecule has 0 spiro atoms. The van der Waals surface area contributed by atoms with Crippen molar-refractivity contribution >= 4 is 41.5 Å². The van der Waals surface area contributed by atoms with Crippen LogP contribution in [0.4, 0.5) is 5.69 Å². The van der Waals surface area contributed by atoms with Crippen molar-refractivity contribution in [1.29, 1.82) is 0 Å². The van der Waals surface area contributed by atoms with Gasteiger partial charge in [-0.25, -0.2) is 0 Å². The first-order valence-corrected chi connectivity index (χ1v) is 9.75. The summed E-state index contributed by atoms with van der Waals surface area (Å²) in [5.41, 5.74) is 1.19. The molecule has 7 nitrogen and oxygen atoms in total. The molecule has 0 bridgehead atoms. The molecule has 1 fully saturated rings. The molecule has 1 saturated heterocycles.